The van der Waals surface area contributed by atoms with Gasteiger partial charge in [0, 0.05) is 60.0 Å². The number of fused-ring (bicyclic) bond motifs is 1. The predicted octanol–water partition coefficient (Wildman–Crippen LogP) is 5.25. The van der Waals surface area contributed by atoms with Crippen molar-refractivity contribution < 1.29 is 13.9 Å². The second kappa shape index (κ2) is 10.8. The molecule has 198 valence electrons. The van der Waals surface area contributed by atoms with Gasteiger partial charge in [-0.25, -0.2) is 18.7 Å². The number of hydrogen-bond acceptors (Lipinski definition) is 6. The molecule has 1 aliphatic heterocycles. The van der Waals surface area contributed by atoms with E-state index in [0.29, 0.717) is 22.6 Å². The van der Waals surface area contributed by atoms with E-state index in [4.69, 9.17) is 9.97 Å². The molecular formula is C29H32F2N6O. The number of anilines is 1. The van der Waals surface area contributed by atoms with Crippen LogP contribution in [-0.4, -0.2) is 56.5 Å². The van der Waals surface area contributed by atoms with Gasteiger partial charge in [-0.2, -0.15) is 0 Å². The van der Waals surface area contributed by atoms with Crippen LogP contribution < -0.4 is 10.6 Å². The number of benzene rings is 2. The average Bonchev–Trinajstić information content (AvgIpc) is 3.60. The summed E-state index contributed by atoms with van der Waals surface area (Å²) in [7, 11) is 0. The van der Waals surface area contributed by atoms with E-state index in [2.05, 4.69) is 20.5 Å². The third-order valence-electron chi connectivity index (χ3n) is 7.64. The van der Waals surface area contributed by atoms with E-state index in [-0.39, 0.29) is 17.6 Å². The Labute approximate surface area is 220 Å². The minimum atomic E-state index is -0.652. The van der Waals surface area contributed by atoms with Crippen LogP contribution in [0.25, 0.3) is 33.5 Å². The fourth-order valence-electron chi connectivity index (χ4n) is 5.72. The zero-order valence-electron chi connectivity index (χ0n) is 21.1. The van der Waals surface area contributed by atoms with E-state index in [1.165, 1.54) is 6.07 Å². The molecule has 3 heterocycles. The molecule has 1 saturated heterocycles. The Morgan fingerprint density at radius 3 is 2.58 bits per heavy atom. The fraction of sp³-hybridized carbons (Fsp3) is 0.379. The number of H-pyrrole nitrogens is 1. The largest absolute Gasteiger partial charge is 0.367 e. The Kier molecular flexibility index (Phi) is 7.06. The maximum Gasteiger partial charge on any atom is 0.164 e. The molecule has 0 spiro atoms. The Morgan fingerprint density at radius 1 is 0.974 bits per heavy atom. The second-order valence-corrected chi connectivity index (χ2v) is 10.3. The molecule has 4 aromatic rings. The van der Waals surface area contributed by atoms with Crippen LogP contribution in [0.3, 0.4) is 0 Å². The summed E-state index contributed by atoms with van der Waals surface area (Å²) in [5.41, 5.74) is 2.41. The third kappa shape index (κ3) is 5.27. The van der Waals surface area contributed by atoms with Crippen molar-refractivity contribution in [2.24, 2.45) is 0 Å². The predicted molar refractivity (Wildman–Crippen MR) is 144 cm³/mol. The summed E-state index contributed by atoms with van der Waals surface area (Å²) in [6, 6.07) is 14.3. The number of aliphatic hydroxyl groups excluding tert-OH is 1. The van der Waals surface area contributed by atoms with Gasteiger partial charge in [-0.15, -0.1) is 0 Å². The van der Waals surface area contributed by atoms with Gasteiger partial charge in [0.1, 0.15) is 17.5 Å². The number of halogens is 2. The molecule has 6 rings (SSSR count). The van der Waals surface area contributed by atoms with Gasteiger partial charge in [-0.3, -0.25) is 10.2 Å². The SMILES string of the molecule is OC(N[C@@H]1CCC[C@H](Nc2cc(-c3ccccc3)nc(-c3c[nH]c4c(F)cc(F)cc34)n2)C1)N1CCCC1. The number of aliphatic hydroxyl groups is 1. The number of rotatable bonds is 7. The molecule has 3 atom stereocenters. The lowest BCUT2D eigenvalue weighted by Gasteiger charge is -2.34. The van der Waals surface area contributed by atoms with Gasteiger partial charge in [-0.1, -0.05) is 30.3 Å². The molecule has 2 fully saturated rings. The first-order valence-corrected chi connectivity index (χ1v) is 13.4. The number of nitrogens with zero attached hydrogens (tertiary/aromatic N) is 3. The molecule has 38 heavy (non-hydrogen) atoms. The van der Waals surface area contributed by atoms with Gasteiger partial charge in [-0.05, 0) is 44.6 Å². The fourth-order valence-corrected chi connectivity index (χ4v) is 5.72. The van der Waals surface area contributed by atoms with Gasteiger partial charge in [0.2, 0.25) is 0 Å². The third-order valence-corrected chi connectivity index (χ3v) is 7.64. The van der Waals surface area contributed by atoms with Crippen molar-refractivity contribution in [1.29, 1.82) is 0 Å². The first-order valence-electron chi connectivity index (χ1n) is 13.4. The van der Waals surface area contributed by atoms with E-state index in [1.807, 2.05) is 36.4 Å². The summed E-state index contributed by atoms with van der Waals surface area (Å²) in [5.74, 6) is -0.253. The van der Waals surface area contributed by atoms with Crippen LogP contribution >= 0.6 is 0 Å². The molecule has 0 radical (unpaired) electrons. The minimum Gasteiger partial charge on any atom is -0.367 e. The van der Waals surface area contributed by atoms with E-state index in [0.717, 1.165) is 68.9 Å². The van der Waals surface area contributed by atoms with Crippen molar-refractivity contribution in [3.05, 3.63) is 66.4 Å². The Morgan fingerprint density at radius 2 is 1.76 bits per heavy atom. The van der Waals surface area contributed by atoms with Crippen LogP contribution in [0.1, 0.15) is 38.5 Å². The standard InChI is InChI=1S/C29H32F2N6O/c30-19-13-22-23(17-32-27(22)24(31)14-19)28-35-25(18-7-2-1-3-8-18)16-26(36-28)33-20-9-6-10-21(15-20)34-29(38)37-11-4-5-12-37/h1-3,7-8,13-14,16-17,20-21,29,32,34,38H,4-6,9-12,15H2,(H,33,35,36)/t20-,21+,29?/m0/s1. The second-order valence-electron chi connectivity index (χ2n) is 10.3. The van der Waals surface area contributed by atoms with Crippen LogP contribution in [0.15, 0.2) is 54.7 Å². The molecule has 1 saturated carbocycles. The molecule has 4 N–H and O–H groups in total. The van der Waals surface area contributed by atoms with Crippen molar-refractivity contribution in [3.63, 3.8) is 0 Å². The van der Waals surface area contributed by atoms with Gasteiger partial charge in [0.25, 0.3) is 0 Å². The maximum atomic E-state index is 14.4. The van der Waals surface area contributed by atoms with Crippen molar-refractivity contribution in [2.45, 2.75) is 57.0 Å². The lowest BCUT2D eigenvalue weighted by molar-refractivity contribution is -0.0196. The minimum absolute atomic E-state index is 0.163. The number of likely N-dealkylation sites (tertiary alicyclic amines) is 1. The Bertz CT molecular complexity index is 1410. The highest BCUT2D eigenvalue weighted by molar-refractivity contribution is 5.94. The molecule has 0 amide bonds. The van der Waals surface area contributed by atoms with Gasteiger partial charge in [0.05, 0.1) is 11.2 Å². The highest BCUT2D eigenvalue weighted by atomic mass is 19.1. The summed E-state index contributed by atoms with van der Waals surface area (Å²) in [4.78, 5) is 14.6. The molecule has 2 aromatic heterocycles. The van der Waals surface area contributed by atoms with Crippen LogP contribution in [-0.2, 0) is 0 Å². The van der Waals surface area contributed by atoms with Gasteiger partial charge < -0.3 is 15.4 Å². The molecule has 0 bridgehead atoms. The topological polar surface area (TPSA) is 89.1 Å². The van der Waals surface area contributed by atoms with E-state index in [9.17, 15) is 13.9 Å². The number of aromatic amines is 1. The van der Waals surface area contributed by atoms with Gasteiger partial charge in [0.15, 0.2) is 12.2 Å². The molecular weight excluding hydrogens is 486 g/mol. The van der Waals surface area contributed by atoms with Crippen LogP contribution in [0.2, 0.25) is 0 Å². The lowest BCUT2D eigenvalue weighted by atomic mass is 9.91. The lowest BCUT2D eigenvalue weighted by Crippen LogP contribution is -2.51. The first kappa shape index (κ1) is 24.9. The van der Waals surface area contributed by atoms with E-state index < -0.39 is 18.0 Å². The maximum absolute atomic E-state index is 14.4. The summed E-state index contributed by atoms with van der Waals surface area (Å²) in [6.07, 6.45) is 7.16. The number of nitrogens with one attached hydrogen (secondary N) is 3. The smallest absolute Gasteiger partial charge is 0.164 e. The van der Waals surface area contributed by atoms with Gasteiger partial charge >= 0.3 is 0 Å². The van der Waals surface area contributed by atoms with Crippen molar-refractivity contribution in [1.82, 2.24) is 25.2 Å². The molecule has 2 aromatic carbocycles. The molecule has 2 aliphatic rings. The van der Waals surface area contributed by atoms with Crippen molar-refractivity contribution in [2.75, 3.05) is 18.4 Å². The highest BCUT2D eigenvalue weighted by Crippen LogP contribution is 2.32. The molecule has 9 heteroatoms. The van der Waals surface area contributed by atoms with E-state index >= 15 is 0 Å². The molecule has 1 unspecified atom stereocenters. The summed E-state index contributed by atoms with van der Waals surface area (Å²) in [6.45, 7) is 1.85. The highest BCUT2D eigenvalue weighted by Gasteiger charge is 2.27. The Hall–Kier alpha value is -3.40. The number of hydrogen-bond donors (Lipinski definition) is 4. The monoisotopic (exact) mass is 518 g/mol. The first-order chi connectivity index (χ1) is 18.5. The average molecular weight is 519 g/mol. The molecule has 1 aliphatic carbocycles. The quantitative estimate of drug-likeness (QED) is 0.250. The Balaban J connectivity index is 1.29. The molecule has 7 nitrogen and oxygen atoms in total. The summed E-state index contributed by atoms with van der Waals surface area (Å²) in [5, 5.41) is 18.0. The van der Waals surface area contributed by atoms with Crippen LogP contribution in [0.5, 0.6) is 0 Å². The van der Waals surface area contributed by atoms with Crippen molar-refractivity contribution >= 4 is 16.7 Å². The zero-order valence-corrected chi connectivity index (χ0v) is 21.1. The van der Waals surface area contributed by atoms with E-state index in [1.54, 1.807) is 6.20 Å². The number of aromatic nitrogens is 3. The van der Waals surface area contributed by atoms with Crippen LogP contribution in [0.4, 0.5) is 14.6 Å². The van der Waals surface area contributed by atoms with Crippen LogP contribution in [0, 0.1) is 11.6 Å². The normalized spacial score (nSPS) is 21.1. The summed E-state index contributed by atoms with van der Waals surface area (Å²) < 4.78 is 28.5. The van der Waals surface area contributed by atoms with Crippen molar-refractivity contribution in [3.8, 4) is 22.6 Å². The summed E-state index contributed by atoms with van der Waals surface area (Å²) >= 11 is 0. The zero-order chi connectivity index (χ0) is 26.1.